The van der Waals surface area contributed by atoms with Crippen LogP contribution in [0.2, 0.25) is 0 Å². The van der Waals surface area contributed by atoms with Gasteiger partial charge < -0.3 is 5.32 Å². The molecule has 2 heterocycles. The number of amides is 2. The van der Waals surface area contributed by atoms with Crippen molar-refractivity contribution >= 4 is 23.2 Å². The van der Waals surface area contributed by atoms with Crippen molar-refractivity contribution in [2.45, 2.75) is 20.4 Å². The number of urea groups is 1. The van der Waals surface area contributed by atoms with E-state index < -0.39 is 0 Å². The lowest BCUT2D eigenvalue weighted by Gasteiger charge is -2.07. The molecule has 0 atom stereocenters. The fourth-order valence-electron chi connectivity index (χ4n) is 1.63. The minimum atomic E-state index is -0.217. The van der Waals surface area contributed by atoms with Gasteiger partial charge >= 0.3 is 6.03 Å². The van der Waals surface area contributed by atoms with E-state index in [4.69, 9.17) is 0 Å². The normalized spacial score (nSPS) is 10.4. The van der Waals surface area contributed by atoms with E-state index in [1.54, 1.807) is 23.1 Å². The first-order chi connectivity index (χ1) is 8.56. The molecule has 0 spiro atoms. The number of carbonyl (C=O) groups excluding carboxylic acids is 1. The number of aromatic nitrogens is 2. The molecule has 0 aliphatic rings. The lowest BCUT2D eigenvalue weighted by molar-refractivity contribution is 0.251. The number of carbonyl (C=O) groups is 1. The van der Waals surface area contributed by atoms with Crippen LogP contribution in [0, 0.1) is 13.8 Å². The summed E-state index contributed by atoms with van der Waals surface area (Å²) in [4.78, 5) is 12.9. The Morgan fingerprint density at radius 2 is 2.28 bits per heavy atom. The van der Waals surface area contributed by atoms with Crippen LogP contribution >= 0.6 is 11.3 Å². The van der Waals surface area contributed by atoms with Crippen molar-refractivity contribution in [1.82, 2.24) is 15.1 Å². The molecule has 18 heavy (non-hydrogen) atoms. The Labute approximate surface area is 110 Å². The maximum absolute atomic E-state index is 11.7. The quantitative estimate of drug-likeness (QED) is 0.894. The molecule has 5 nitrogen and oxygen atoms in total. The number of thiophene rings is 1. The molecule has 0 aromatic carbocycles. The second-order valence-corrected chi connectivity index (χ2v) is 5.13. The average molecular weight is 264 g/mol. The lowest BCUT2D eigenvalue weighted by atomic mass is 10.3. The largest absolute Gasteiger partial charge is 0.333 e. The van der Waals surface area contributed by atoms with Crippen LogP contribution in [0.25, 0.3) is 0 Å². The molecule has 96 valence electrons. The highest BCUT2D eigenvalue weighted by molar-refractivity contribution is 7.10. The Hall–Kier alpha value is -1.82. The van der Waals surface area contributed by atoms with E-state index >= 15 is 0 Å². The third-order valence-electron chi connectivity index (χ3n) is 2.62. The van der Waals surface area contributed by atoms with Crippen molar-refractivity contribution in [2.75, 3.05) is 5.32 Å². The molecule has 0 aliphatic heterocycles. The van der Waals surface area contributed by atoms with Gasteiger partial charge in [-0.25, -0.2) is 4.79 Å². The molecule has 0 fully saturated rings. The van der Waals surface area contributed by atoms with Crippen molar-refractivity contribution in [3.63, 3.8) is 0 Å². The predicted molar refractivity (Wildman–Crippen MR) is 72.9 cm³/mol. The number of aryl methyl sites for hydroxylation is 3. The zero-order valence-corrected chi connectivity index (χ0v) is 11.5. The third-order valence-corrected chi connectivity index (χ3v) is 3.64. The van der Waals surface area contributed by atoms with Gasteiger partial charge in [-0.1, -0.05) is 0 Å². The lowest BCUT2D eigenvalue weighted by Crippen LogP contribution is -2.28. The van der Waals surface area contributed by atoms with Gasteiger partial charge in [-0.15, -0.1) is 11.3 Å². The van der Waals surface area contributed by atoms with E-state index in [-0.39, 0.29) is 6.03 Å². The second kappa shape index (κ2) is 5.22. The van der Waals surface area contributed by atoms with Gasteiger partial charge in [0.25, 0.3) is 0 Å². The minimum Gasteiger partial charge on any atom is -0.333 e. The van der Waals surface area contributed by atoms with Crippen molar-refractivity contribution in [3.8, 4) is 0 Å². The molecule has 6 heteroatoms. The van der Waals surface area contributed by atoms with E-state index in [1.807, 2.05) is 31.4 Å². The summed E-state index contributed by atoms with van der Waals surface area (Å²) in [6, 6.07) is 3.66. The van der Waals surface area contributed by atoms with Gasteiger partial charge in [0.1, 0.15) is 5.82 Å². The first kappa shape index (κ1) is 12.6. The van der Waals surface area contributed by atoms with Gasteiger partial charge in [0, 0.05) is 18.0 Å². The highest BCUT2D eigenvalue weighted by atomic mass is 32.1. The summed E-state index contributed by atoms with van der Waals surface area (Å²) in [5, 5.41) is 11.8. The van der Waals surface area contributed by atoms with Crippen molar-refractivity contribution in [1.29, 1.82) is 0 Å². The molecule has 0 unspecified atom stereocenters. The van der Waals surface area contributed by atoms with Gasteiger partial charge in [0.15, 0.2) is 0 Å². The predicted octanol–water partition coefficient (Wildman–Crippen LogP) is 2.42. The molecule has 2 amide bonds. The maximum Gasteiger partial charge on any atom is 0.320 e. The van der Waals surface area contributed by atoms with Crippen LogP contribution in [0.4, 0.5) is 10.6 Å². The molecule has 0 saturated carbocycles. The number of hydrogen-bond acceptors (Lipinski definition) is 3. The second-order valence-electron chi connectivity index (χ2n) is 4.13. The maximum atomic E-state index is 11.7. The molecule has 0 bridgehead atoms. The van der Waals surface area contributed by atoms with Gasteiger partial charge in [0.05, 0.1) is 12.2 Å². The van der Waals surface area contributed by atoms with Crippen LogP contribution in [0.5, 0.6) is 0 Å². The van der Waals surface area contributed by atoms with Gasteiger partial charge in [-0.2, -0.15) is 5.10 Å². The summed E-state index contributed by atoms with van der Waals surface area (Å²) >= 11 is 1.65. The van der Waals surface area contributed by atoms with Gasteiger partial charge in [-0.05, 0) is 30.9 Å². The molecule has 2 rings (SSSR count). The number of nitrogens with zero attached hydrogens (tertiary/aromatic N) is 2. The molecule has 2 aromatic rings. The highest BCUT2D eigenvalue weighted by Gasteiger charge is 2.07. The van der Waals surface area contributed by atoms with E-state index in [2.05, 4.69) is 15.7 Å². The Morgan fingerprint density at radius 1 is 1.50 bits per heavy atom. The summed E-state index contributed by atoms with van der Waals surface area (Å²) in [5.41, 5.74) is 2.08. The molecular formula is C12H16N4OS. The number of hydrogen-bond donors (Lipinski definition) is 2. The van der Waals surface area contributed by atoms with E-state index in [9.17, 15) is 4.79 Å². The first-order valence-corrected chi connectivity index (χ1v) is 6.52. The number of rotatable bonds is 3. The summed E-state index contributed by atoms with van der Waals surface area (Å²) in [6.45, 7) is 4.47. The molecule has 0 saturated heterocycles. The fraction of sp³-hybridized carbons (Fsp3) is 0.333. The third kappa shape index (κ3) is 2.89. The highest BCUT2D eigenvalue weighted by Crippen LogP contribution is 2.15. The molecule has 2 aromatic heterocycles. The van der Waals surface area contributed by atoms with E-state index in [0.717, 1.165) is 5.69 Å². The molecule has 2 N–H and O–H groups in total. The van der Waals surface area contributed by atoms with Gasteiger partial charge in [0.2, 0.25) is 0 Å². The van der Waals surface area contributed by atoms with E-state index in [0.29, 0.717) is 12.4 Å². The summed E-state index contributed by atoms with van der Waals surface area (Å²) in [6.07, 6.45) is 0. The summed E-state index contributed by atoms with van der Waals surface area (Å²) < 4.78 is 1.64. The molecule has 0 radical (unpaired) electrons. The van der Waals surface area contributed by atoms with Crippen LogP contribution in [-0.2, 0) is 13.6 Å². The topological polar surface area (TPSA) is 59.0 Å². The molecular weight excluding hydrogens is 248 g/mol. The van der Waals surface area contributed by atoms with Gasteiger partial charge in [-0.3, -0.25) is 10.00 Å². The van der Waals surface area contributed by atoms with Crippen LogP contribution in [0.15, 0.2) is 17.5 Å². The van der Waals surface area contributed by atoms with Crippen LogP contribution in [0.1, 0.15) is 16.1 Å². The zero-order chi connectivity index (χ0) is 13.1. The summed E-state index contributed by atoms with van der Waals surface area (Å²) in [5.74, 6) is 0.688. The summed E-state index contributed by atoms with van der Waals surface area (Å²) in [7, 11) is 1.80. The SMILES string of the molecule is Cc1cc(NC(=O)NCc2sccc2C)n(C)n1. The number of nitrogens with one attached hydrogen (secondary N) is 2. The van der Waals surface area contributed by atoms with Crippen molar-refractivity contribution in [3.05, 3.63) is 33.6 Å². The minimum absolute atomic E-state index is 0.217. The van der Waals surface area contributed by atoms with Crippen molar-refractivity contribution in [2.24, 2.45) is 7.05 Å². The van der Waals surface area contributed by atoms with E-state index in [1.165, 1.54) is 10.4 Å². The Balaban J connectivity index is 1.90. The Morgan fingerprint density at radius 3 is 2.83 bits per heavy atom. The van der Waals surface area contributed by atoms with Crippen molar-refractivity contribution < 1.29 is 4.79 Å². The average Bonchev–Trinajstić information content (AvgIpc) is 2.83. The molecule has 0 aliphatic carbocycles. The number of anilines is 1. The standard InChI is InChI=1S/C12H16N4OS/c1-8-4-5-18-10(8)7-13-12(17)14-11-6-9(2)15-16(11)3/h4-6H,7H2,1-3H3,(H2,13,14,17). The van der Waals surface area contributed by atoms with Crippen LogP contribution in [-0.4, -0.2) is 15.8 Å². The zero-order valence-electron chi connectivity index (χ0n) is 10.7. The van der Waals surface area contributed by atoms with Crippen LogP contribution in [0.3, 0.4) is 0 Å². The Kier molecular flexibility index (Phi) is 3.66. The smallest absolute Gasteiger partial charge is 0.320 e. The Bertz CT molecular complexity index is 558. The first-order valence-electron chi connectivity index (χ1n) is 5.64. The monoisotopic (exact) mass is 264 g/mol. The fourth-order valence-corrected chi connectivity index (χ4v) is 2.48. The van der Waals surface area contributed by atoms with Crippen LogP contribution < -0.4 is 10.6 Å².